The molecule has 0 fully saturated rings. The van der Waals surface area contributed by atoms with Gasteiger partial charge >= 0.3 is 5.97 Å². The van der Waals surface area contributed by atoms with E-state index in [1.54, 1.807) is 0 Å². The predicted octanol–water partition coefficient (Wildman–Crippen LogP) is 3.11. The molecule has 1 atom stereocenters. The molecule has 2 rings (SSSR count). The normalized spacial score (nSPS) is 12.2. The molecule has 0 aromatic heterocycles. The topological polar surface area (TPSA) is 133 Å². The summed E-state index contributed by atoms with van der Waals surface area (Å²) in [6.45, 7) is 6.99. The fourth-order valence-electron chi connectivity index (χ4n) is 2.98. The highest BCUT2D eigenvalue weighted by Crippen LogP contribution is 2.26. The van der Waals surface area contributed by atoms with Crippen molar-refractivity contribution in [3.8, 4) is 0 Å². The first-order valence-corrected chi connectivity index (χ1v) is 10.8. The van der Waals surface area contributed by atoms with E-state index in [1.165, 1.54) is 6.92 Å². The van der Waals surface area contributed by atoms with Crippen molar-refractivity contribution >= 4 is 33.1 Å². The summed E-state index contributed by atoms with van der Waals surface area (Å²) in [6, 6.07) is 6.69. The minimum absolute atomic E-state index is 0.239. The smallest absolute Gasteiger partial charge is 0.339 e. The van der Waals surface area contributed by atoms with Crippen molar-refractivity contribution in [2.24, 2.45) is 0 Å². The summed E-state index contributed by atoms with van der Waals surface area (Å²) >= 11 is 0. The molecule has 0 saturated carbocycles. The summed E-state index contributed by atoms with van der Waals surface area (Å²) < 4.78 is 28.5. The molecule has 0 heterocycles. The quantitative estimate of drug-likeness (QED) is 0.419. The van der Waals surface area contributed by atoms with E-state index in [9.17, 15) is 28.1 Å². The van der Waals surface area contributed by atoms with Gasteiger partial charge in [0.15, 0.2) is 15.9 Å². The molecule has 0 aliphatic carbocycles. The molecule has 0 radical (unpaired) electrons. The Morgan fingerprint density at radius 1 is 1.10 bits per heavy atom. The SMILES string of the molecule is Cc1cc(C)c(NC(=O)[C@H](C)OC(=O)c2ccc(S(C)(=O)=O)c([N+](=O)[O-])c2)c(C)c1. The Morgan fingerprint density at radius 2 is 1.67 bits per heavy atom. The average Bonchev–Trinajstić information content (AvgIpc) is 2.62. The van der Waals surface area contributed by atoms with E-state index < -0.39 is 43.3 Å². The fraction of sp³-hybridized carbons (Fsp3) is 0.300. The van der Waals surface area contributed by atoms with Crippen LogP contribution in [0, 0.1) is 30.9 Å². The number of carbonyl (C=O) groups excluding carboxylic acids is 2. The first-order valence-electron chi connectivity index (χ1n) is 8.89. The molecule has 0 aliphatic heterocycles. The Morgan fingerprint density at radius 3 is 2.17 bits per heavy atom. The number of sulfone groups is 1. The summed E-state index contributed by atoms with van der Waals surface area (Å²) in [4.78, 5) is 34.6. The monoisotopic (exact) mass is 434 g/mol. The van der Waals surface area contributed by atoms with E-state index in [1.807, 2.05) is 32.9 Å². The second kappa shape index (κ2) is 8.62. The molecular weight excluding hydrogens is 412 g/mol. The maximum absolute atomic E-state index is 12.5. The molecule has 0 bridgehead atoms. The van der Waals surface area contributed by atoms with Crippen LogP contribution in [0.1, 0.15) is 34.0 Å². The lowest BCUT2D eigenvalue weighted by atomic mass is 10.0. The molecule has 0 unspecified atom stereocenters. The van der Waals surface area contributed by atoms with Gasteiger partial charge in [0.25, 0.3) is 11.6 Å². The fourth-order valence-corrected chi connectivity index (χ4v) is 3.81. The van der Waals surface area contributed by atoms with E-state index in [2.05, 4.69) is 5.32 Å². The Kier molecular flexibility index (Phi) is 6.61. The minimum Gasteiger partial charge on any atom is -0.449 e. The van der Waals surface area contributed by atoms with Crippen LogP contribution < -0.4 is 5.32 Å². The molecule has 1 N–H and O–H groups in total. The summed E-state index contributed by atoms with van der Waals surface area (Å²) in [5.41, 5.74) is 2.38. The van der Waals surface area contributed by atoms with Crippen molar-refractivity contribution in [2.45, 2.75) is 38.7 Å². The van der Waals surface area contributed by atoms with Gasteiger partial charge in [-0.3, -0.25) is 14.9 Å². The zero-order valence-electron chi connectivity index (χ0n) is 17.2. The number of carbonyl (C=O) groups is 2. The lowest BCUT2D eigenvalue weighted by molar-refractivity contribution is -0.387. The molecule has 10 heteroatoms. The highest BCUT2D eigenvalue weighted by atomic mass is 32.2. The number of amides is 1. The third-order valence-corrected chi connectivity index (χ3v) is 5.51. The van der Waals surface area contributed by atoms with Gasteiger partial charge in [-0.25, -0.2) is 13.2 Å². The van der Waals surface area contributed by atoms with Crippen molar-refractivity contribution in [1.82, 2.24) is 0 Å². The van der Waals surface area contributed by atoms with Crippen LogP contribution in [0.4, 0.5) is 11.4 Å². The summed E-state index contributed by atoms with van der Waals surface area (Å²) in [7, 11) is -3.86. The number of rotatable bonds is 6. The van der Waals surface area contributed by atoms with Gasteiger partial charge in [0.2, 0.25) is 0 Å². The number of esters is 1. The lowest BCUT2D eigenvalue weighted by Gasteiger charge is -2.17. The Hall–Kier alpha value is -3.27. The molecule has 2 aromatic carbocycles. The molecule has 1 amide bonds. The largest absolute Gasteiger partial charge is 0.449 e. The van der Waals surface area contributed by atoms with Crippen molar-refractivity contribution in [3.63, 3.8) is 0 Å². The number of anilines is 1. The number of nitrogens with zero attached hydrogens (tertiary/aromatic N) is 1. The predicted molar refractivity (Wildman–Crippen MR) is 110 cm³/mol. The maximum Gasteiger partial charge on any atom is 0.339 e. The third-order valence-electron chi connectivity index (χ3n) is 4.37. The molecule has 9 nitrogen and oxygen atoms in total. The number of hydrogen-bond acceptors (Lipinski definition) is 7. The summed E-state index contributed by atoms with van der Waals surface area (Å²) in [5.74, 6) is -1.56. The molecule has 2 aromatic rings. The van der Waals surface area contributed by atoms with Gasteiger partial charge in [-0.2, -0.15) is 0 Å². The second-order valence-corrected chi connectivity index (χ2v) is 9.01. The Bertz CT molecular complexity index is 1120. The van der Waals surface area contributed by atoms with Gasteiger partial charge in [-0.15, -0.1) is 0 Å². The zero-order valence-corrected chi connectivity index (χ0v) is 18.0. The number of aryl methyl sites for hydroxylation is 3. The Labute approximate surface area is 174 Å². The summed E-state index contributed by atoms with van der Waals surface area (Å²) in [6.07, 6.45) is -0.360. The van der Waals surface area contributed by atoms with Crippen molar-refractivity contribution < 1.29 is 27.7 Å². The number of hydrogen-bond donors (Lipinski definition) is 1. The van der Waals surface area contributed by atoms with E-state index in [4.69, 9.17) is 4.74 Å². The number of nitro groups is 1. The highest BCUT2D eigenvalue weighted by molar-refractivity contribution is 7.90. The molecular formula is C20H22N2O7S. The zero-order chi connectivity index (χ0) is 22.8. The molecule has 0 saturated heterocycles. The standard InChI is InChI=1S/C20H22N2O7S/c1-11-8-12(2)18(13(3)9-11)21-19(23)14(4)29-20(24)15-6-7-17(30(5,27)28)16(10-15)22(25)26/h6-10,14H,1-5H3,(H,21,23)/t14-/m0/s1. The van der Waals surface area contributed by atoms with Crippen LogP contribution in [0.15, 0.2) is 35.2 Å². The third kappa shape index (κ3) is 5.20. The van der Waals surface area contributed by atoms with Gasteiger partial charge in [0, 0.05) is 18.0 Å². The second-order valence-electron chi connectivity index (χ2n) is 7.02. The van der Waals surface area contributed by atoms with Gasteiger partial charge in [0.05, 0.1) is 10.5 Å². The number of ether oxygens (including phenoxy) is 1. The van der Waals surface area contributed by atoms with Crippen molar-refractivity contribution in [1.29, 1.82) is 0 Å². The molecule has 0 aliphatic rings. The number of benzene rings is 2. The molecule has 30 heavy (non-hydrogen) atoms. The minimum atomic E-state index is -3.86. The maximum atomic E-state index is 12.5. The summed E-state index contributed by atoms with van der Waals surface area (Å²) in [5, 5.41) is 13.9. The average molecular weight is 434 g/mol. The van der Waals surface area contributed by atoms with Crippen LogP contribution in [0.2, 0.25) is 0 Å². The highest BCUT2D eigenvalue weighted by Gasteiger charge is 2.26. The Balaban J connectivity index is 2.20. The van der Waals surface area contributed by atoms with Crippen LogP contribution in [0.3, 0.4) is 0 Å². The van der Waals surface area contributed by atoms with E-state index in [-0.39, 0.29) is 5.56 Å². The van der Waals surface area contributed by atoms with Crippen LogP contribution in [-0.4, -0.2) is 37.6 Å². The van der Waals surface area contributed by atoms with Crippen LogP contribution >= 0.6 is 0 Å². The first kappa shape index (κ1) is 23.0. The van der Waals surface area contributed by atoms with Crippen LogP contribution in [-0.2, 0) is 19.4 Å². The van der Waals surface area contributed by atoms with Crippen molar-refractivity contribution in [2.75, 3.05) is 11.6 Å². The van der Waals surface area contributed by atoms with Crippen LogP contribution in [0.5, 0.6) is 0 Å². The number of nitro benzene ring substituents is 1. The van der Waals surface area contributed by atoms with Gasteiger partial charge < -0.3 is 10.1 Å². The van der Waals surface area contributed by atoms with Crippen molar-refractivity contribution in [3.05, 3.63) is 62.7 Å². The van der Waals surface area contributed by atoms with E-state index >= 15 is 0 Å². The van der Waals surface area contributed by atoms with Gasteiger partial charge in [-0.05, 0) is 51.0 Å². The van der Waals surface area contributed by atoms with Crippen LogP contribution in [0.25, 0.3) is 0 Å². The van der Waals surface area contributed by atoms with Gasteiger partial charge in [-0.1, -0.05) is 17.7 Å². The molecule has 160 valence electrons. The van der Waals surface area contributed by atoms with Gasteiger partial charge in [0.1, 0.15) is 4.90 Å². The molecule has 0 spiro atoms. The number of nitrogens with one attached hydrogen (secondary N) is 1. The lowest BCUT2D eigenvalue weighted by Crippen LogP contribution is -2.30. The van der Waals surface area contributed by atoms with E-state index in [0.717, 1.165) is 41.1 Å². The first-order chi connectivity index (χ1) is 13.8. The van der Waals surface area contributed by atoms with E-state index in [0.29, 0.717) is 5.69 Å².